The predicted molar refractivity (Wildman–Crippen MR) is 112 cm³/mol. The van der Waals surface area contributed by atoms with Gasteiger partial charge in [0.25, 0.3) is 5.91 Å². The largest absolute Gasteiger partial charge is 0.490 e. The van der Waals surface area contributed by atoms with Crippen molar-refractivity contribution in [3.8, 4) is 17.6 Å². The highest BCUT2D eigenvalue weighted by Gasteiger charge is 2.08. The maximum Gasteiger partial charge on any atom is 0.271 e. The van der Waals surface area contributed by atoms with Gasteiger partial charge in [0.05, 0.1) is 24.5 Å². The third-order valence-electron chi connectivity index (χ3n) is 4.11. The second-order valence-electron chi connectivity index (χ2n) is 6.13. The molecule has 0 bridgehead atoms. The first-order valence-corrected chi connectivity index (χ1v) is 9.32. The zero-order chi connectivity index (χ0) is 21.2. The van der Waals surface area contributed by atoms with Crippen molar-refractivity contribution in [2.45, 2.75) is 13.5 Å². The number of ether oxygens (including phenoxy) is 2. The van der Waals surface area contributed by atoms with Gasteiger partial charge in [0.2, 0.25) is 0 Å². The fourth-order valence-electron chi connectivity index (χ4n) is 2.64. The first-order chi connectivity index (χ1) is 14.7. The SMILES string of the molecule is CCOc1cc(C=NNC(=O)c2ccncc2)ccc1OCc1ccccc1C#N. The van der Waals surface area contributed by atoms with E-state index in [1.54, 1.807) is 48.8 Å². The summed E-state index contributed by atoms with van der Waals surface area (Å²) in [6.07, 6.45) is 4.61. The lowest BCUT2D eigenvalue weighted by Crippen LogP contribution is -2.17. The molecule has 7 heteroatoms. The highest BCUT2D eigenvalue weighted by molar-refractivity contribution is 5.94. The Morgan fingerprint density at radius 1 is 1.13 bits per heavy atom. The number of carbonyl (C=O) groups excluding carboxylic acids is 1. The van der Waals surface area contributed by atoms with Gasteiger partial charge in [0.15, 0.2) is 11.5 Å². The van der Waals surface area contributed by atoms with Crippen LogP contribution in [0.2, 0.25) is 0 Å². The molecule has 0 aliphatic rings. The number of hydrazone groups is 1. The number of amides is 1. The van der Waals surface area contributed by atoms with E-state index >= 15 is 0 Å². The summed E-state index contributed by atoms with van der Waals surface area (Å²) in [6.45, 7) is 2.59. The summed E-state index contributed by atoms with van der Waals surface area (Å²) < 4.78 is 11.6. The van der Waals surface area contributed by atoms with Gasteiger partial charge in [-0.2, -0.15) is 10.4 Å². The summed E-state index contributed by atoms with van der Waals surface area (Å²) in [4.78, 5) is 15.9. The van der Waals surface area contributed by atoms with E-state index in [4.69, 9.17) is 9.47 Å². The smallest absolute Gasteiger partial charge is 0.271 e. The quantitative estimate of drug-likeness (QED) is 0.459. The summed E-state index contributed by atoms with van der Waals surface area (Å²) in [6, 6.07) is 18.0. The number of rotatable bonds is 8. The van der Waals surface area contributed by atoms with Crippen LogP contribution in [-0.4, -0.2) is 23.7 Å². The van der Waals surface area contributed by atoms with E-state index in [-0.39, 0.29) is 12.5 Å². The molecule has 2 aromatic carbocycles. The molecule has 30 heavy (non-hydrogen) atoms. The molecule has 0 unspecified atom stereocenters. The van der Waals surface area contributed by atoms with Gasteiger partial charge >= 0.3 is 0 Å². The number of carbonyl (C=O) groups is 1. The number of nitrogens with one attached hydrogen (secondary N) is 1. The van der Waals surface area contributed by atoms with Gasteiger partial charge in [-0.25, -0.2) is 5.43 Å². The third kappa shape index (κ3) is 5.42. The molecule has 0 aliphatic carbocycles. The summed E-state index contributed by atoms with van der Waals surface area (Å²) in [5.41, 5.74) is 5.05. The van der Waals surface area contributed by atoms with E-state index in [2.05, 4.69) is 21.6 Å². The number of hydrogen-bond donors (Lipinski definition) is 1. The van der Waals surface area contributed by atoms with Gasteiger partial charge in [-0.05, 0) is 48.9 Å². The van der Waals surface area contributed by atoms with Crippen molar-refractivity contribution in [3.63, 3.8) is 0 Å². The van der Waals surface area contributed by atoms with E-state index in [1.165, 1.54) is 6.21 Å². The molecule has 1 N–H and O–H groups in total. The Kier molecular flexibility index (Phi) is 7.12. The number of aromatic nitrogens is 1. The van der Waals surface area contributed by atoms with Gasteiger partial charge in [0.1, 0.15) is 6.61 Å². The van der Waals surface area contributed by atoms with Gasteiger partial charge < -0.3 is 9.47 Å². The summed E-state index contributed by atoms with van der Waals surface area (Å²) in [5, 5.41) is 13.2. The summed E-state index contributed by atoms with van der Waals surface area (Å²) in [7, 11) is 0. The molecule has 150 valence electrons. The lowest BCUT2D eigenvalue weighted by atomic mass is 10.1. The van der Waals surface area contributed by atoms with E-state index in [0.29, 0.717) is 29.2 Å². The van der Waals surface area contributed by atoms with Gasteiger partial charge in [0, 0.05) is 23.5 Å². The van der Waals surface area contributed by atoms with Crippen LogP contribution in [0.25, 0.3) is 0 Å². The zero-order valence-corrected chi connectivity index (χ0v) is 16.4. The molecule has 1 aromatic heterocycles. The normalized spacial score (nSPS) is 10.4. The average molecular weight is 400 g/mol. The molecule has 3 aromatic rings. The highest BCUT2D eigenvalue weighted by atomic mass is 16.5. The third-order valence-corrected chi connectivity index (χ3v) is 4.11. The first-order valence-electron chi connectivity index (χ1n) is 9.32. The van der Waals surface area contributed by atoms with Crippen LogP contribution in [0.4, 0.5) is 0 Å². The highest BCUT2D eigenvalue weighted by Crippen LogP contribution is 2.29. The molecular formula is C23H20N4O3. The van der Waals surface area contributed by atoms with E-state index in [0.717, 1.165) is 11.1 Å². The Hall–Kier alpha value is -4.18. The summed E-state index contributed by atoms with van der Waals surface area (Å²) >= 11 is 0. The molecule has 0 radical (unpaired) electrons. The van der Waals surface area contributed by atoms with Crippen LogP contribution in [0.15, 0.2) is 72.1 Å². The number of nitriles is 1. The maximum absolute atomic E-state index is 12.0. The molecule has 3 rings (SSSR count). The van der Waals surface area contributed by atoms with Crippen molar-refractivity contribution >= 4 is 12.1 Å². The monoisotopic (exact) mass is 400 g/mol. The van der Waals surface area contributed by atoms with Crippen LogP contribution in [0, 0.1) is 11.3 Å². The summed E-state index contributed by atoms with van der Waals surface area (Å²) in [5.74, 6) is 0.786. The van der Waals surface area contributed by atoms with Crippen molar-refractivity contribution < 1.29 is 14.3 Å². The number of pyridine rings is 1. The van der Waals surface area contributed by atoms with Crippen molar-refractivity contribution in [3.05, 3.63) is 89.2 Å². The molecule has 0 fully saturated rings. The number of benzene rings is 2. The van der Waals surface area contributed by atoms with Crippen molar-refractivity contribution in [2.24, 2.45) is 5.10 Å². The van der Waals surface area contributed by atoms with E-state index < -0.39 is 0 Å². The van der Waals surface area contributed by atoms with Crippen LogP contribution in [-0.2, 0) is 6.61 Å². The minimum atomic E-state index is -0.324. The van der Waals surface area contributed by atoms with Crippen LogP contribution in [0.3, 0.4) is 0 Å². The Morgan fingerprint density at radius 3 is 2.70 bits per heavy atom. The van der Waals surface area contributed by atoms with Gasteiger partial charge in [-0.15, -0.1) is 0 Å². The van der Waals surface area contributed by atoms with Crippen LogP contribution in [0.1, 0.15) is 34.0 Å². The molecule has 0 saturated carbocycles. The first kappa shape index (κ1) is 20.6. The maximum atomic E-state index is 12.0. The average Bonchev–Trinajstić information content (AvgIpc) is 2.79. The molecule has 7 nitrogen and oxygen atoms in total. The second-order valence-corrected chi connectivity index (χ2v) is 6.13. The van der Waals surface area contributed by atoms with E-state index in [9.17, 15) is 10.1 Å². The van der Waals surface area contributed by atoms with Gasteiger partial charge in [-0.1, -0.05) is 18.2 Å². The predicted octanol–water partition coefficient (Wildman–Crippen LogP) is 3.69. The minimum Gasteiger partial charge on any atom is -0.490 e. The lowest BCUT2D eigenvalue weighted by molar-refractivity contribution is 0.0955. The second kappa shape index (κ2) is 10.4. The fourth-order valence-corrected chi connectivity index (χ4v) is 2.64. The molecule has 1 heterocycles. The van der Waals surface area contributed by atoms with E-state index in [1.807, 2.05) is 25.1 Å². The number of hydrogen-bond acceptors (Lipinski definition) is 6. The topological polar surface area (TPSA) is 96.6 Å². The molecule has 0 aliphatic heterocycles. The molecule has 0 spiro atoms. The van der Waals surface area contributed by atoms with Crippen molar-refractivity contribution in [1.29, 1.82) is 5.26 Å². The fraction of sp³-hybridized carbons (Fsp3) is 0.130. The van der Waals surface area contributed by atoms with Crippen LogP contribution in [0.5, 0.6) is 11.5 Å². The lowest BCUT2D eigenvalue weighted by Gasteiger charge is -2.13. The van der Waals surface area contributed by atoms with Crippen molar-refractivity contribution in [1.82, 2.24) is 10.4 Å². The standard InChI is InChI=1S/C23H20N4O3/c1-2-29-22-13-17(15-26-27-23(28)18-9-11-25-12-10-18)7-8-21(22)30-16-20-6-4-3-5-19(20)14-24/h3-13,15H,2,16H2,1H3,(H,27,28). The molecule has 0 atom stereocenters. The van der Waals surface area contributed by atoms with Crippen LogP contribution >= 0.6 is 0 Å². The Morgan fingerprint density at radius 2 is 1.93 bits per heavy atom. The zero-order valence-electron chi connectivity index (χ0n) is 16.4. The number of nitrogens with zero attached hydrogens (tertiary/aromatic N) is 3. The Bertz CT molecular complexity index is 1080. The van der Waals surface area contributed by atoms with Crippen LogP contribution < -0.4 is 14.9 Å². The molecule has 1 amide bonds. The Labute approximate surface area is 174 Å². The van der Waals surface area contributed by atoms with Gasteiger partial charge in [-0.3, -0.25) is 9.78 Å². The van der Waals surface area contributed by atoms with Crippen molar-refractivity contribution in [2.75, 3.05) is 6.61 Å². The minimum absolute atomic E-state index is 0.249. The molecule has 0 saturated heterocycles. The molecular weight excluding hydrogens is 380 g/mol. The Balaban J connectivity index is 1.68.